The molecule has 0 saturated heterocycles. The third-order valence-corrected chi connectivity index (χ3v) is 7.26. The summed E-state index contributed by atoms with van der Waals surface area (Å²) in [5.74, 6) is 0. The highest BCUT2D eigenvalue weighted by molar-refractivity contribution is 7.89. The van der Waals surface area contributed by atoms with Crippen molar-refractivity contribution in [3.05, 3.63) is 59.9 Å². The summed E-state index contributed by atoms with van der Waals surface area (Å²) in [4.78, 5) is 8.22. The van der Waals surface area contributed by atoms with Gasteiger partial charge in [-0.1, -0.05) is 12.5 Å². The Kier molecular flexibility index (Phi) is 4.88. The molecule has 3 heterocycles. The third-order valence-electron chi connectivity index (χ3n) is 5.76. The Morgan fingerprint density at radius 3 is 2.45 bits per heavy atom. The summed E-state index contributed by atoms with van der Waals surface area (Å²) in [5, 5.41) is 9.87. The smallest absolute Gasteiger partial charge is 0.291 e. The standard InChI is InChI=1S/C22H16F3N5O2S/c23-22(24,25)13-9-17-18(10-26)20(30(15-5-2-6-15)21(17)28-11-13)19-8-7-16(12-27-19)33(31,32)29-14-3-1-4-14/h2,5-9,11-12,14,29H,1,3-4H2. The molecule has 5 rings (SSSR count). The molecule has 1 fully saturated rings. The minimum absolute atomic E-state index is 0.0273. The van der Waals surface area contributed by atoms with Gasteiger partial charge in [-0.3, -0.25) is 9.55 Å². The first-order valence-corrected chi connectivity index (χ1v) is 11.6. The highest BCUT2D eigenvalue weighted by Crippen LogP contribution is 2.38. The average Bonchev–Trinajstić information content (AvgIpc) is 3.02. The second-order valence-electron chi connectivity index (χ2n) is 7.84. The molecular formula is C22H16F3N5O2S. The zero-order chi connectivity index (χ0) is 23.4. The number of alkyl halides is 3. The van der Waals surface area contributed by atoms with E-state index < -0.39 is 21.8 Å². The molecule has 0 radical (unpaired) electrons. The van der Waals surface area contributed by atoms with Gasteiger partial charge in [-0.15, -0.1) is 0 Å². The predicted molar refractivity (Wildman–Crippen MR) is 114 cm³/mol. The molecule has 0 atom stereocenters. The fourth-order valence-corrected chi connectivity index (χ4v) is 5.00. The van der Waals surface area contributed by atoms with E-state index in [2.05, 4.69) is 14.7 Å². The van der Waals surface area contributed by atoms with Crippen LogP contribution in [-0.2, 0) is 16.2 Å². The molecule has 3 aromatic rings. The topological polar surface area (TPSA) is 101 Å². The molecular weight excluding hydrogens is 455 g/mol. The van der Waals surface area contributed by atoms with E-state index >= 15 is 0 Å². The number of rotatable bonds is 5. The SMILES string of the molecule is N#Cc1c(-c2ccc(S(=O)(=O)NC3CCC3)cn2)n(C2=CC=C2)c2ncc(C(F)(F)F)cc12. The molecule has 3 aromatic heterocycles. The van der Waals surface area contributed by atoms with E-state index in [9.17, 15) is 26.9 Å². The number of hydrogen-bond acceptors (Lipinski definition) is 5. The molecule has 7 nitrogen and oxygen atoms in total. The second-order valence-corrected chi connectivity index (χ2v) is 9.56. The number of allylic oxidation sites excluding steroid dienone is 4. The molecule has 2 aliphatic rings. The van der Waals surface area contributed by atoms with Gasteiger partial charge in [-0.25, -0.2) is 18.1 Å². The van der Waals surface area contributed by atoms with Gasteiger partial charge in [-0.05, 0) is 43.2 Å². The summed E-state index contributed by atoms with van der Waals surface area (Å²) in [5.41, 5.74) is 0.280. The molecule has 0 unspecified atom stereocenters. The number of hydrogen-bond donors (Lipinski definition) is 1. The van der Waals surface area contributed by atoms with Crippen molar-refractivity contribution in [1.82, 2.24) is 19.3 Å². The van der Waals surface area contributed by atoms with E-state index in [1.807, 2.05) is 6.07 Å². The van der Waals surface area contributed by atoms with E-state index in [1.54, 1.807) is 22.8 Å². The minimum Gasteiger partial charge on any atom is -0.291 e. The molecule has 0 amide bonds. The summed E-state index contributed by atoms with van der Waals surface area (Å²) >= 11 is 0. The summed E-state index contributed by atoms with van der Waals surface area (Å²) < 4.78 is 69.1. The predicted octanol–water partition coefficient (Wildman–Crippen LogP) is 4.23. The number of nitrogens with zero attached hydrogens (tertiary/aromatic N) is 4. The summed E-state index contributed by atoms with van der Waals surface area (Å²) in [6.45, 7) is 0. The van der Waals surface area contributed by atoms with Crippen molar-refractivity contribution in [2.75, 3.05) is 0 Å². The second kappa shape index (κ2) is 7.54. The molecule has 168 valence electrons. The fourth-order valence-electron chi connectivity index (χ4n) is 3.75. The van der Waals surface area contributed by atoms with Crippen LogP contribution in [0.5, 0.6) is 0 Å². The number of halogens is 3. The van der Waals surface area contributed by atoms with Crippen LogP contribution in [0.1, 0.15) is 30.4 Å². The first kappa shape index (κ1) is 21.4. The maximum atomic E-state index is 13.3. The average molecular weight is 471 g/mol. The van der Waals surface area contributed by atoms with Crippen molar-refractivity contribution in [1.29, 1.82) is 5.26 Å². The van der Waals surface area contributed by atoms with Gasteiger partial charge in [-0.2, -0.15) is 18.4 Å². The molecule has 2 aliphatic carbocycles. The van der Waals surface area contributed by atoms with Crippen LogP contribution in [0.15, 0.2) is 53.7 Å². The van der Waals surface area contributed by atoms with Crippen LogP contribution in [0.4, 0.5) is 13.2 Å². The van der Waals surface area contributed by atoms with Gasteiger partial charge in [0.2, 0.25) is 10.0 Å². The molecule has 0 bridgehead atoms. The zero-order valence-electron chi connectivity index (χ0n) is 17.0. The van der Waals surface area contributed by atoms with Crippen molar-refractivity contribution < 1.29 is 21.6 Å². The molecule has 0 spiro atoms. The number of nitriles is 1. The van der Waals surface area contributed by atoms with E-state index in [0.717, 1.165) is 31.5 Å². The van der Waals surface area contributed by atoms with Crippen LogP contribution >= 0.6 is 0 Å². The lowest BCUT2D eigenvalue weighted by Gasteiger charge is -2.26. The van der Waals surface area contributed by atoms with E-state index in [-0.39, 0.29) is 38.9 Å². The molecule has 1 saturated carbocycles. The Morgan fingerprint density at radius 1 is 1.18 bits per heavy atom. The van der Waals surface area contributed by atoms with Crippen molar-refractivity contribution in [3.8, 4) is 17.5 Å². The minimum atomic E-state index is -4.62. The molecule has 0 aliphatic heterocycles. The maximum absolute atomic E-state index is 13.3. The Morgan fingerprint density at radius 2 is 1.94 bits per heavy atom. The molecule has 11 heteroatoms. The first-order chi connectivity index (χ1) is 15.7. The number of sulfonamides is 1. The van der Waals surface area contributed by atoms with E-state index in [0.29, 0.717) is 5.70 Å². The summed E-state index contributed by atoms with van der Waals surface area (Å²) in [7, 11) is -3.75. The summed E-state index contributed by atoms with van der Waals surface area (Å²) in [6.07, 6.45) is 5.03. The largest absolute Gasteiger partial charge is 0.417 e. The fraction of sp³-hybridized carbons (Fsp3) is 0.227. The van der Waals surface area contributed by atoms with Crippen molar-refractivity contribution in [2.45, 2.75) is 36.4 Å². The Hall–Kier alpha value is -3.49. The quantitative estimate of drug-likeness (QED) is 0.600. The van der Waals surface area contributed by atoms with Gasteiger partial charge < -0.3 is 0 Å². The Balaban J connectivity index is 1.65. The van der Waals surface area contributed by atoms with Gasteiger partial charge in [0.15, 0.2) is 0 Å². The first-order valence-electron chi connectivity index (χ1n) is 10.1. The lowest BCUT2D eigenvalue weighted by atomic mass is 9.94. The Bertz CT molecular complexity index is 1480. The normalized spacial score (nSPS) is 16.2. The third kappa shape index (κ3) is 3.61. The molecule has 0 aromatic carbocycles. The van der Waals surface area contributed by atoms with Gasteiger partial charge in [0, 0.05) is 29.5 Å². The maximum Gasteiger partial charge on any atom is 0.417 e. The highest BCUT2D eigenvalue weighted by Gasteiger charge is 2.33. The lowest BCUT2D eigenvalue weighted by Crippen LogP contribution is -2.39. The zero-order valence-corrected chi connectivity index (χ0v) is 17.8. The van der Waals surface area contributed by atoms with Crippen LogP contribution in [-0.4, -0.2) is 29.0 Å². The highest BCUT2D eigenvalue weighted by atomic mass is 32.2. The van der Waals surface area contributed by atoms with Crippen molar-refractivity contribution >= 4 is 26.8 Å². The van der Waals surface area contributed by atoms with Crippen LogP contribution < -0.4 is 4.72 Å². The van der Waals surface area contributed by atoms with E-state index in [4.69, 9.17) is 0 Å². The number of nitrogens with one attached hydrogen (secondary N) is 1. The number of aromatic nitrogens is 3. The van der Waals surface area contributed by atoms with Gasteiger partial charge in [0.05, 0.1) is 22.5 Å². The number of pyridine rings is 2. The van der Waals surface area contributed by atoms with E-state index in [1.165, 1.54) is 18.3 Å². The molecule has 1 N–H and O–H groups in total. The van der Waals surface area contributed by atoms with Gasteiger partial charge in [0.25, 0.3) is 0 Å². The number of fused-ring (bicyclic) bond motifs is 1. The van der Waals surface area contributed by atoms with Crippen LogP contribution in [0, 0.1) is 11.3 Å². The monoisotopic (exact) mass is 471 g/mol. The summed E-state index contributed by atoms with van der Waals surface area (Å²) in [6, 6.07) is 5.59. The van der Waals surface area contributed by atoms with Gasteiger partial charge >= 0.3 is 6.18 Å². The Labute approximate surface area is 186 Å². The van der Waals surface area contributed by atoms with Crippen LogP contribution in [0.3, 0.4) is 0 Å². The van der Waals surface area contributed by atoms with Crippen molar-refractivity contribution in [2.24, 2.45) is 0 Å². The molecule has 33 heavy (non-hydrogen) atoms. The van der Waals surface area contributed by atoms with Crippen LogP contribution in [0.25, 0.3) is 28.1 Å². The van der Waals surface area contributed by atoms with Crippen LogP contribution in [0.2, 0.25) is 0 Å². The van der Waals surface area contributed by atoms with Crippen molar-refractivity contribution in [3.63, 3.8) is 0 Å². The lowest BCUT2D eigenvalue weighted by molar-refractivity contribution is -0.137. The van der Waals surface area contributed by atoms with Gasteiger partial charge in [0.1, 0.15) is 16.6 Å².